The SMILES string of the molecule is CCCN(CC(F)(F)F)C(=O)c1ccc(OC)c(Br)c1. The molecule has 0 spiro atoms. The molecule has 0 radical (unpaired) electrons. The Morgan fingerprint density at radius 3 is 2.50 bits per heavy atom. The van der Waals surface area contributed by atoms with Gasteiger partial charge in [-0.15, -0.1) is 0 Å². The molecule has 1 aromatic rings. The first-order valence-corrected chi connectivity index (χ1v) is 6.77. The Morgan fingerprint density at radius 2 is 2.05 bits per heavy atom. The van der Waals surface area contributed by atoms with Crippen molar-refractivity contribution in [2.45, 2.75) is 19.5 Å². The van der Waals surface area contributed by atoms with Crippen LogP contribution in [0.3, 0.4) is 0 Å². The summed E-state index contributed by atoms with van der Waals surface area (Å²) in [7, 11) is 1.47. The van der Waals surface area contributed by atoms with Crippen molar-refractivity contribution in [3.8, 4) is 5.75 Å². The van der Waals surface area contributed by atoms with Crippen molar-refractivity contribution in [2.75, 3.05) is 20.2 Å². The fourth-order valence-electron chi connectivity index (χ4n) is 1.72. The van der Waals surface area contributed by atoms with Gasteiger partial charge in [0.15, 0.2) is 0 Å². The standard InChI is InChI=1S/C13H15BrF3NO2/c1-3-6-18(8-13(15,16)17)12(19)9-4-5-11(20-2)10(14)7-9/h4-5,7H,3,6,8H2,1-2H3. The van der Waals surface area contributed by atoms with Crippen molar-refractivity contribution < 1.29 is 22.7 Å². The summed E-state index contributed by atoms with van der Waals surface area (Å²) in [6.45, 7) is 0.534. The second kappa shape index (κ2) is 6.97. The van der Waals surface area contributed by atoms with E-state index in [1.54, 1.807) is 6.92 Å². The topological polar surface area (TPSA) is 29.5 Å². The minimum atomic E-state index is -4.41. The summed E-state index contributed by atoms with van der Waals surface area (Å²) in [6.07, 6.45) is -3.95. The lowest BCUT2D eigenvalue weighted by molar-refractivity contribution is -0.140. The first kappa shape index (κ1) is 16.8. The molecule has 0 aliphatic rings. The molecule has 0 heterocycles. The van der Waals surface area contributed by atoms with Gasteiger partial charge in [0, 0.05) is 12.1 Å². The molecule has 0 saturated carbocycles. The van der Waals surface area contributed by atoms with Gasteiger partial charge in [-0.05, 0) is 40.5 Å². The molecule has 20 heavy (non-hydrogen) atoms. The number of nitrogens with zero attached hydrogens (tertiary/aromatic N) is 1. The first-order chi connectivity index (χ1) is 9.28. The van der Waals surface area contributed by atoms with Crippen LogP contribution < -0.4 is 4.74 Å². The van der Waals surface area contributed by atoms with E-state index in [1.807, 2.05) is 0 Å². The van der Waals surface area contributed by atoms with Gasteiger partial charge in [0.2, 0.25) is 0 Å². The van der Waals surface area contributed by atoms with Crippen molar-refractivity contribution in [2.24, 2.45) is 0 Å². The molecular weight excluding hydrogens is 339 g/mol. The van der Waals surface area contributed by atoms with Crippen LogP contribution >= 0.6 is 15.9 Å². The number of ether oxygens (including phenoxy) is 1. The van der Waals surface area contributed by atoms with Gasteiger partial charge in [-0.25, -0.2) is 0 Å². The van der Waals surface area contributed by atoms with Crippen LogP contribution in [0.4, 0.5) is 13.2 Å². The molecule has 0 unspecified atom stereocenters. The van der Waals surface area contributed by atoms with Crippen LogP contribution in [0, 0.1) is 0 Å². The Balaban J connectivity index is 2.97. The lowest BCUT2D eigenvalue weighted by Gasteiger charge is -2.23. The lowest BCUT2D eigenvalue weighted by Crippen LogP contribution is -2.39. The average Bonchev–Trinajstić information content (AvgIpc) is 2.35. The van der Waals surface area contributed by atoms with Gasteiger partial charge in [0.25, 0.3) is 5.91 Å². The minimum absolute atomic E-state index is 0.0575. The highest BCUT2D eigenvalue weighted by atomic mass is 79.9. The number of carbonyl (C=O) groups is 1. The third-order valence-electron chi connectivity index (χ3n) is 2.55. The fraction of sp³-hybridized carbons (Fsp3) is 0.462. The maximum atomic E-state index is 12.5. The Bertz CT molecular complexity index is 477. The Hall–Kier alpha value is -1.24. The van der Waals surface area contributed by atoms with E-state index in [2.05, 4.69) is 15.9 Å². The van der Waals surface area contributed by atoms with Gasteiger partial charge in [-0.2, -0.15) is 13.2 Å². The van der Waals surface area contributed by atoms with Crippen molar-refractivity contribution in [1.82, 2.24) is 4.90 Å². The van der Waals surface area contributed by atoms with Gasteiger partial charge >= 0.3 is 6.18 Å². The number of rotatable bonds is 5. The lowest BCUT2D eigenvalue weighted by atomic mass is 10.2. The summed E-state index contributed by atoms with van der Waals surface area (Å²) in [5.41, 5.74) is 0.190. The Labute approximate surface area is 123 Å². The number of hydrogen-bond donors (Lipinski definition) is 0. The molecule has 1 rings (SSSR count). The molecule has 0 aliphatic carbocycles. The third-order valence-corrected chi connectivity index (χ3v) is 3.17. The van der Waals surface area contributed by atoms with E-state index < -0.39 is 18.6 Å². The van der Waals surface area contributed by atoms with Crippen LogP contribution in [0.1, 0.15) is 23.7 Å². The number of halogens is 4. The summed E-state index contributed by atoms with van der Waals surface area (Å²) >= 11 is 3.21. The molecule has 0 N–H and O–H groups in total. The van der Waals surface area contributed by atoms with Gasteiger partial charge < -0.3 is 9.64 Å². The summed E-state index contributed by atoms with van der Waals surface area (Å²) in [5.74, 6) is -0.132. The molecule has 1 amide bonds. The van der Waals surface area contributed by atoms with E-state index in [0.29, 0.717) is 16.6 Å². The zero-order valence-corrected chi connectivity index (χ0v) is 12.7. The largest absolute Gasteiger partial charge is 0.496 e. The van der Waals surface area contributed by atoms with E-state index in [1.165, 1.54) is 25.3 Å². The number of carbonyl (C=O) groups excluding carboxylic acids is 1. The summed E-state index contributed by atoms with van der Waals surface area (Å²) < 4.78 is 43.0. The van der Waals surface area contributed by atoms with E-state index >= 15 is 0 Å². The summed E-state index contributed by atoms with van der Waals surface area (Å²) in [5, 5.41) is 0. The van der Waals surface area contributed by atoms with Crippen molar-refractivity contribution >= 4 is 21.8 Å². The zero-order valence-electron chi connectivity index (χ0n) is 11.1. The molecule has 0 saturated heterocycles. The number of amides is 1. The van der Waals surface area contributed by atoms with Crippen LogP contribution in [0.5, 0.6) is 5.75 Å². The molecule has 0 bridgehead atoms. The highest BCUT2D eigenvalue weighted by Crippen LogP contribution is 2.26. The van der Waals surface area contributed by atoms with Gasteiger partial charge in [0.05, 0.1) is 11.6 Å². The minimum Gasteiger partial charge on any atom is -0.496 e. The van der Waals surface area contributed by atoms with Crippen molar-refractivity contribution in [1.29, 1.82) is 0 Å². The van der Waals surface area contributed by atoms with Crippen LogP contribution in [-0.2, 0) is 0 Å². The second-order valence-corrected chi connectivity index (χ2v) is 5.05. The third kappa shape index (κ3) is 4.70. The number of methoxy groups -OCH3 is 1. The first-order valence-electron chi connectivity index (χ1n) is 5.98. The number of benzene rings is 1. The van der Waals surface area contributed by atoms with Crippen LogP contribution in [-0.4, -0.2) is 37.2 Å². The monoisotopic (exact) mass is 353 g/mol. The quantitative estimate of drug-likeness (QED) is 0.803. The average molecular weight is 354 g/mol. The van der Waals surface area contributed by atoms with Crippen molar-refractivity contribution in [3.05, 3.63) is 28.2 Å². The predicted molar refractivity (Wildman–Crippen MR) is 72.9 cm³/mol. The highest BCUT2D eigenvalue weighted by molar-refractivity contribution is 9.10. The molecule has 0 atom stereocenters. The summed E-state index contributed by atoms with van der Waals surface area (Å²) in [4.78, 5) is 12.9. The van der Waals surface area contributed by atoms with Gasteiger partial charge in [0.1, 0.15) is 12.3 Å². The Kier molecular flexibility index (Phi) is 5.86. The maximum absolute atomic E-state index is 12.5. The zero-order chi connectivity index (χ0) is 15.3. The summed E-state index contributed by atoms with van der Waals surface area (Å²) in [6, 6.07) is 4.44. The molecule has 7 heteroatoms. The molecule has 0 aromatic heterocycles. The predicted octanol–water partition coefficient (Wildman–Crippen LogP) is 3.87. The molecule has 112 valence electrons. The van der Waals surface area contributed by atoms with E-state index in [9.17, 15) is 18.0 Å². The normalized spacial score (nSPS) is 11.3. The number of hydrogen-bond acceptors (Lipinski definition) is 2. The molecule has 3 nitrogen and oxygen atoms in total. The second-order valence-electron chi connectivity index (χ2n) is 4.19. The molecule has 1 aromatic carbocycles. The fourth-order valence-corrected chi connectivity index (χ4v) is 2.26. The van der Waals surface area contributed by atoms with Crippen molar-refractivity contribution in [3.63, 3.8) is 0 Å². The smallest absolute Gasteiger partial charge is 0.406 e. The molecular formula is C13H15BrF3NO2. The van der Waals surface area contributed by atoms with Crippen LogP contribution in [0.2, 0.25) is 0 Å². The van der Waals surface area contributed by atoms with Crippen LogP contribution in [0.15, 0.2) is 22.7 Å². The van der Waals surface area contributed by atoms with Gasteiger partial charge in [-0.3, -0.25) is 4.79 Å². The molecule has 0 fully saturated rings. The highest BCUT2D eigenvalue weighted by Gasteiger charge is 2.33. The number of alkyl halides is 3. The maximum Gasteiger partial charge on any atom is 0.406 e. The Morgan fingerprint density at radius 1 is 1.40 bits per heavy atom. The van der Waals surface area contributed by atoms with E-state index in [4.69, 9.17) is 4.74 Å². The molecule has 0 aliphatic heterocycles. The van der Waals surface area contributed by atoms with Gasteiger partial charge in [-0.1, -0.05) is 6.92 Å². The van der Waals surface area contributed by atoms with E-state index in [-0.39, 0.29) is 12.1 Å². The van der Waals surface area contributed by atoms with Crippen LogP contribution in [0.25, 0.3) is 0 Å². The van der Waals surface area contributed by atoms with E-state index in [0.717, 1.165) is 4.90 Å².